The van der Waals surface area contributed by atoms with Crippen LogP contribution in [0.1, 0.15) is 38.2 Å². The number of rotatable bonds is 15. The summed E-state index contributed by atoms with van der Waals surface area (Å²) in [5, 5.41) is 26.4. The molecule has 13 heteroatoms. The highest BCUT2D eigenvalue weighted by molar-refractivity contribution is 5.95. The number of carboxylic acid groups (broad SMARTS) is 2. The van der Waals surface area contributed by atoms with Gasteiger partial charge < -0.3 is 42.6 Å². The molecule has 0 aliphatic rings. The van der Waals surface area contributed by atoms with Gasteiger partial charge in [0, 0.05) is 23.5 Å². The fraction of sp³-hybridized carbons (Fsp3) is 0.458. The lowest BCUT2D eigenvalue weighted by Crippen LogP contribution is -2.57. The number of nitrogens with one attached hydrogen (secondary N) is 4. The molecule has 0 radical (unpaired) electrons. The van der Waals surface area contributed by atoms with Gasteiger partial charge in [0.25, 0.3) is 0 Å². The smallest absolute Gasteiger partial charge is 0.326 e. The number of hydrogen-bond acceptors (Lipinski definition) is 7. The van der Waals surface area contributed by atoms with Crippen molar-refractivity contribution in [1.82, 2.24) is 20.9 Å². The van der Waals surface area contributed by atoms with Crippen molar-refractivity contribution in [2.24, 2.45) is 11.5 Å². The second kappa shape index (κ2) is 13.9. The number of fused-ring (bicyclic) bond motifs is 1. The maximum absolute atomic E-state index is 13.3. The van der Waals surface area contributed by atoms with Crippen molar-refractivity contribution in [3.63, 3.8) is 0 Å². The van der Waals surface area contributed by atoms with Crippen LogP contribution in [-0.4, -0.2) is 75.6 Å². The molecule has 3 amide bonds. The number of H-pyrrole nitrogens is 1. The summed E-state index contributed by atoms with van der Waals surface area (Å²) in [7, 11) is 0. The molecule has 2 rings (SSSR count). The lowest BCUT2D eigenvalue weighted by atomic mass is 10.0. The molecule has 0 saturated heterocycles. The van der Waals surface area contributed by atoms with E-state index in [1.165, 1.54) is 6.92 Å². The van der Waals surface area contributed by atoms with Crippen LogP contribution in [0.3, 0.4) is 0 Å². The minimum Gasteiger partial charge on any atom is -0.481 e. The van der Waals surface area contributed by atoms with E-state index < -0.39 is 60.2 Å². The zero-order valence-corrected chi connectivity index (χ0v) is 20.5. The molecular formula is C24H34N6O7. The molecule has 4 atom stereocenters. The Morgan fingerprint density at radius 2 is 1.54 bits per heavy atom. The van der Waals surface area contributed by atoms with E-state index in [0.717, 1.165) is 16.5 Å². The highest BCUT2D eigenvalue weighted by Crippen LogP contribution is 2.19. The Bertz CT molecular complexity index is 1120. The number of unbranched alkanes of at least 4 members (excludes halogenated alkanes) is 1. The van der Waals surface area contributed by atoms with Gasteiger partial charge in [-0.05, 0) is 44.4 Å². The predicted molar refractivity (Wildman–Crippen MR) is 134 cm³/mol. The second-order valence-electron chi connectivity index (χ2n) is 8.76. The molecule has 2 aromatic rings. The number of carboxylic acids is 2. The third-order valence-electron chi connectivity index (χ3n) is 5.72. The van der Waals surface area contributed by atoms with E-state index in [1.54, 1.807) is 6.20 Å². The molecule has 4 unspecified atom stereocenters. The number of benzene rings is 1. The van der Waals surface area contributed by atoms with Gasteiger partial charge in [-0.1, -0.05) is 18.2 Å². The van der Waals surface area contributed by atoms with Crippen molar-refractivity contribution in [3.8, 4) is 0 Å². The third kappa shape index (κ3) is 8.88. The predicted octanol–water partition coefficient (Wildman–Crippen LogP) is -0.800. The molecule has 1 heterocycles. The minimum absolute atomic E-state index is 0.0855. The van der Waals surface area contributed by atoms with Crippen LogP contribution in [0.5, 0.6) is 0 Å². The average molecular weight is 519 g/mol. The first-order chi connectivity index (χ1) is 17.5. The van der Waals surface area contributed by atoms with Crippen LogP contribution in [0.15, 0.2) is 30.5 Å². The Morgan fingerprint density at radius 1 is 0.919 bits per heavy atom. The van der Waals surface area contributed by atoms with Gasteiger partial charge in [0.15, 0.2) is 0 Å². The van der Waals surface area contributed by atoms with Crippen molar-refractivity contribution in [2.75, 3.05) is 6.54 Å². The molecule has 0 spiro atoms. The Labute approximate surface area is 213 Å². The number of carbonyl (C=O) groups is 5. The van der Waals surface area contributed by atoms with Crippen LogP contribution in [0, 0.1) is 0 Å². The monoisotopic (exact) mass is 518 g/mol. The first-order valence-corrected chi connectivity index (χ1v) is 11.9. The van der Waals surface area contributed by atoms with Crippen LogP contribution in [0.25, 0.3) is 10.9 Å². The van der Waals surface area contributed by atoms with Crippen LogP contribution >= 0.6 is 0 Å². The number of hydrogen-bond donors (Lipinski definition) is 8. The zero-order chi connectivity index (χ0) is 27.5. The standard InChI is InChI=1S/C24H34N6O7/c1-13(26)21(33)29-18(10-14-12-27-16-7-3-2-6-15(14)16)23(35)28-17(8-4-5-9-25)22(34)30-19(24(36)37)11-20(31)32/h2-3,6-7,12-13,17-19,27H,4-5,8-11,25-26H2,1H3,(H,28,35)(H,29,33)(H,30,34)(H,31,32)(H,36,37). The number of para-hydroxylation sites is 1. The van der Waals surface area contributed by atoms with E-state index in [1.807, 2.05) is 24.3 Å². The summed E-state index contributed by atoms with van der Waals surface area (Å²) < 4.78 is 0. The van der Waals surface area contributed by atoms with Crippen molar-refractivity contribution in [3.05, 3.63) is 36.0 Å². The number of carbonyl (C=O) groups excluding carboxylic acids is 3. The van der Waals surface area contributed by atoms with E-state index in [4.69, 9.17) is 16.6 Å². The Kier molecular flexibility index (Phi) is 11.0. The summed E-state index contributed by atoms with van der Waals surface area (Å²) in [5.74, 6) is -5.05. The van der Waals surface area contributed by atoms with Gasteiger partial charge in [0.2, 0.25) is 17.7 Å². The van der Waals surface area contributed by atoms with Gasteiger partial charge in [0.05, 0.1) is 12.5 Å². The van der Waals surface area contributed by atoms with Crippen molar-refractivity contribution in [1.29, 1.82) is 0 Å². The molecule has 37 heavy (non-hydrogen) atoms. The van der Waals surface area contributed by atoms with Crippen LogP contribution in [-0.2, 0) is 30.4 Å². The van der Waals surface area contributed by atoms with E-state index in [-0.39, 0.29) is 12.8 Å². The summed E-state index contributed by atoms with van der Waals surface area (Å²) in [4.78, 5) is 64.1. The Morgan fingerprint density at radius 3 is 2.16 bits per heavy atom. The molecule has 0 bridgehead atoms. The number of aromatic amines is 1. The van der Waals surface area contributed by atoms with Gasteiger partial charge in [-0.15, -0.1) is 0 Å². The minimum atomic E-state index is -1.68. The molecule has 0 fully saturated rings. The molecule has 13 nitrogen and oxygen atoms in total. The molecule has 1 aromatic carbocycles. The van der Waals surface area contributed by atoms with Crippen LogP contribution in [0.2, 0.25) is 0 Å². The fourth-order valence-corrected chi connectivity index (χ4v) is 3.71. The summed E-state index contributed by atoms with van der Waals surface area (Å²) in [6, 6.07) is 2.55. The molecule has 202 valence electrons. The first-order valence-electron chi connectivity index (χ1n) is 11.9. The molecule has 1 aromatic heterocycles. The largest absolute Gasteiger partial charge is 0.481 e. The quantitative estimate of drug-likeness (QED) is 0.138. The van der Waals surface area contributed by atoms with E-state index in [2.05, 4.69) is 20.9 Å². The van der Waals surface area contributed by atoms with Gasteiger partial charge in [-0.25, -0.2) is 4.79 Å². The summed E-state index contributed by atoms with van der Waals surface area (Å²) in [5.41, 5.74) is 12.8. The van der Waals surface area contributed by atoms with Gasteiger partial charge in [-0.2, -0.15) is 0 Å². The highest BCUT2D eigenvalue weighted by Gasteiger charge is 2.31. The molecular weight excluding hydrogens is 484 g/mol. The number of nitrogens with two attached hydrogens (primary N) is 2. The zero-order valence-electron chi connectivity index (χ0n) is 20.5. The topological polar surface area (TPSA) is 230 Å². The van der Waals surface area contributed by atoms with E-state index in [0.29, 0.717) is 19.4 Å². The third-order valence-corrected chi connectivity index (χ3v) is 5.72. The SMILES string of the molecule is CC(N)C(=O)NC(Cc1c[nH]c2ccccc12)C(=O)NC(CCCCN)C(=O)NC(CC(=O)O)C(=O)O. The molecule has 0 aliphatic heterocycles. The summed E-state index contributed by atoms with van der Waals surface area (Å²) >= 11 is 0. The fourth-order valence-electron chi connectivity index (χ4n) is 3.71. The number of aliphatic carboxylic acids is 2. The average Bonchev–Trinajstić information content (AvgIpc) is 3.24. The normalized spacial score (nSPS) is 14.2. The number of aromatic nitrogens is 1. The van der Waals surface area contributed by atoms with Crippen LogP contribution in [0.4, 0.5) is 0 Å². The van der Waals surface area contributed by atoms with Crippen molar-refractivity contribution in [2.45, 2.75) is 63.2 Å². The van der Waals surface area contributed by atoms with E-state index >= 15 is 0 Å². The number of amides is 3. The van der Waals surface area contributed by atoms with Crippen LogP contribution < -0.4 is 27.4 Å². The van der Waals surface area contributed by atoms with E-state index in [9.17, 15) is 29.1 Å². The molecule has 10 N–H and O–H groups in total. The summed E-state index contributed by atoms with van der Waals surface area (Å²) in [6.45, 7) is 1.81. The maximum atomic E-state index is 13.3. The lowest BCUT2D eigenvalue weighted by Gasteiger charge is -2.25. The van der Waals surface area contributed by atoms with Crippen molar-refractivity contribution >= 4 is 40.6 Å². The van der Waals surface area contributed by atoms with Gasteiger partial charge >= 0.3 is 11.9 Å². The first kappa shape index (κ1) is 29.3. The Balaban J connectivity index is 2.26. The Hall–Kier alpha value is -3.97. The highest BCUT2D eigenvalue weighted by atomic mass is 16.4. The molecule has 0 aliphatic carbocycles. The molecule has 0 saturated carbocycles. The summed E-state index contributed by atoms with van der Waals surface area (Å²) in [6.07, 6.45) is 2.07. The van der Waals surface area contributed by atoms with Crippen molar-refractivity contribution < 1.29 is 34.2 Å². The van der Waals surface area contributed by atoms with Gasteiger partial charge in [0.1, 0.15) is 18.1 Å². The maximum Gasteiger partial charge on any atom is 0.326 e. The van der Waals surface area contributed by atoms with Gasteiger partial charge in [-0.3, -0.25) is 19.2 Å². The second-order valence-corrected chi connectivity index (χ2v) is 8.76. The lowest BCUT2D eigenvalue weighted by molar-refractivity contribution is -0.147.